The highest BCUT2D eigenvalue weighted by Gasteiger charge is 2.20. The van der Waals surface area contributed by atoms with Gasteiger partial charge in [0.15, 0.2) is 5.78 Å². The van der Waals surface area contributed by atoms with Crippen LogP contribution >= 0.6 is 11.6 Å². The van der Waals surface area contributed by atoms with Crippen LogP contribution < -0.4 is 0 Å². The van der Waals surface area contributed by atoms with Crippen LogP contribution in [-0.2, 0) is 9.45 Å². The highest BCUT2D eigenvalue weighted by Crippen LogP contribution is 2.20. The molecule has 84 valence electrons. The van der Waals surface area contributed by atoms with E-state index in [1.807, 2.05) is 0 Å². The molecule has 0 aromatic heterocycles. The number of rotatable bonds is 4. The Labute approximate surface area is 97.1 Å². The highest BCUT2D eigenvalue weighted by molar-refractivity contribution is 6.36. The Bertz CT molecular complexity index is 404. The zero-order chi connectivity index (χ0) is 12.1. The molecule has 0 unspecified atom stereocenters. The van der Waals surface area contributed by atoms with Crippen molar-refractivity contribution in [1.82, 2.24) is 0 Å². The molecule has 1 rings (SSSR count). The number of carbonyl (C=O) groups excluding carboxylic acids is 1. The molecule has 1 aromatic rings. The first-order valence-corrected chi connectivity index (χ1v) is 4.80. The summed E-state index contributed by atoms with van der Waals surface area (Å²) >= 11 is 5.65. The molecule has 2 nitrogen and oxygen atoms in total. The zero-order valence-electron chi connectivity index (χ0n) is 8.41. The van der Waals surface area contributed by atoms with E-state index in [0.717, 1.165) is 6.08 Å². The largest absolute Gasteiger partial charge is 0.796 e. The summed E-state index contributed by atoms with van der Waals surface area (Å²) in [6.07, 6.45) is 1.01. The van der Waals surface area contributed by atoms with Crippen LogP contribution in [0.2, 0.25) is 5.02 Å². The Morgan fingerprint density at radius 2 is 1.94 bits per heavy atom. The lowest BCUT2D eigenvalue weighted by atomic mass is 10.1. The zero-order valence-corrected chi connectivity index (χ0v) is 9.17. The first-order chi connectivity index (χ1) is 7.49. The lowest BCUT2D eigenvalue weighted by molar-refractivity contribution is -0.112. The van der Waals surface area contributed by atoms with Gasteiger partial charge in [-0.25, -0.2) is 8.63 Å². The van der Waals surface area contributed by atoms with Crippen LogP contribution in [0.3, 0.4) is 0 Å². The van der Waals surface area contributed by atoms with Crippen LogP contribution in [0.1, 0.15) is 12.5 Å². The summed E-state index contributed by atoms with van der Waals surface area (Å²) in [5, 5.41) is 0.475. The number of ketones is 1. The topological polar surface area (TPSA) is 26.3 Å². The van der Waals surface area contributed by atoms with Crippen molar-refractivity contribution >= 4 is 30.6 Å². The van der Waals surface area contributed by atoms with E-state index in [4.69, 9.17) is 11.6 Å². The van der Waals surface area contributed by atoms with Gasteiger partial charge in [-0.3, -0.25) is 4.79 Å². The molecule has 0 aliphatic carbocycles. The number of halogens is 3. The summed E-state index contributed by atoms with van der Waals surface area (Å²) in [5.74, 6) is -0.537. The molecule has 0 spiro atoms. The van der Waals surface area contributed by atoms with Crippen molar-refractivity contribution in [2.75, 3.05) is 0 Å². The molecule has 0 heterocycles. The molecule has 0 amide bonds. The second-order valence-electron chi connectivity index (χ2n) is 3.00. The van der Waals surface area contributed by atoms with E-state index in [1.54, 1.807) is 0 Å². The molecule has 0 saturated carbocycles. The standard InChI is InChI=1S/C10H8BClF2O2/c1-7(15)6-10(16-11(13)14)8-2-4-9(12)5-3-8/h2-6H,1H3. The van der Waals surface area contributed by atoms with Crippen molar-refractivity contribution in [2.24, 2.45) is 0 Å². The summed E-state index contributed by atoms with van der Waals surface area (Å²) in [7, 11) is -2.97. The molecule has 1 aromatic carbocycles. The second-order valence-corrected chi connectivity index (χ2v) is 3.44. The highest BCUT2D eigenvalue weighted by atomic mass is 35.5. The van der Waals surface area contributed by atoms with Crippen molar-refractivity contribution in [2.45, 2.75) is 6.92 Å². The molecule has 0 N–H and O–H groups in total. The van der Waals surface area contributed by atoms with Crippen LogP contribution in [-0.4, -0.2) is 13.3 Å². The minimum Gasteiger partial charge on any atom is -0.505 e. The van der Waals surface area contributed by atoms with Gasteiger partial charge in [-0.15, -0.1) is 0 Å². The second kappa shape index (κ2) is 5.65. The normalized spacial score (nSPS) is 11.1. The summed E-state index contributed by atoms with van der Waals surface area (Å²) in [6, 6.07) is 6.05. The minimum absolute atomic E-state index is 0.167. The Hall–Kier alpha value is -1.36. The van der Waals surface area contributed by atoms with Gasteiger partial charge >= 0.3 is 7.47 Å². The van der Waals surface area contributed by atoms with E-state index in [9.17, 15) is 13.4 Å². The van der Waals surface area contributed by atoms with Crippen molar-refractivity contribution in [3.8, 4) is 0 Å². The van der Waals surface area contributed by atoms with Gasteiger partial charge in [-0.1, -0.05) is 11.6 Å². The maximum absolute atomic E-state index is 12.1. The van der Waals surface area contributed by atoms with Crippen molar-refractivity contribution in [1.29, 1.82) is 0 Å². The molecular formula is C10H8BClF2O2. The first kappa shape index (κ1) is 12.7. The van der Waals surface area contributed by atoms with E-state index >= 15 is 0 Å². The van der Waals surface area contributed by atoms with Gasteiger partial charge in [-0.05, 0) is 31.2 Å². The maximum Gasteiger partial charge on any atom is 0.796 e. The number of hydrogen-bond donors (Lipinski definition) is 0. The predicted molar refractivity (Wildman–Crippen MR) is 59.2 cm³/mol. The van der Waals surface area contributed by atoms with Crippen molar-refractivity contribution in [3.05, 3.63) is 40.9 Å². The fourth-order valence-electron chi connectivity index (χ4n) is 1.08. The van der Waals surface area contributed by atoms with E-state index in [0.29, 0.717) is 10.6 Å². The summed E-state index contributed by atoms with van der Waals surface area (Å²) < 4.78 is 28.5. The van der Waals surface area contributed by atoms with Crippen molar-refractivity contribution in [3.63, 3.8) is 0 Å². The first-order valence-electron chi connectivity index (χ1n) is 4.42. The van der Waals surface area contributed by atoms with Gasteiger partial charge < -0.3 is 4.65 Å². The Balaban J connectivity index is 3.01. The molecule has 0 aliphatic heterocycles. The Morgan fingerprint density at radius 1 is 1.38 bits per heavy atom. The summed E-state index contributed by atoms with van der Waals surface area (Å²) in [4.78, 5) is 10.8. The van der Waals surface area contributed by atoms with E-state index in [-0.39, 0.29) is 11.5 Å². The summed E-state index contributed by atoms with van der Waals surface area (Å²) in [5.41, 5.74) is 0.375. The smallest absolute Gasteiger partial charge is 0.505 e. The third kappa shape index (κ3) is 4.02. The van der Waals surface area contributed by atoms with Crippen LogP contribution in [0.25, 0.3) is 5.76 Å². The third-order valence-corrected chi connectivity index (χ3v) is 1.93. The average molecular weight is 244 g/mol. The van der Waals surface area contributed by atoms with Crippen LogP contribution in [0.5, 0.6) is 0 Å². The molecule has 0 saturated heterocycles. The molecular weight excluding hydrogens is 236 g/mol. The Morgan fingerprint density at radius 3 is 2.38 bits per heavy atom. The lowest BCUT2D eigenvalue weighted by Crippen LogP contribution is -2.05. The monoisotopic (exact) mass is 244 g/mol. The molecule has 0 aliphatic rings. The Kier molecular flexibility index (Phi) is 4.49. The van der Waals surface area contributed by atoms with E-state index in [1.165, 1.54) is 31.2 Å². The minimum atomic E-state index is -2.97. The van der Waals surface area contributed by atoms with E-state index < -0.39 is 7.47 Å². The van der Waals surface area contributed by atoms with Gasteiger partial charge in [-0.2, -0.15) is 0 Å². The molecule has 0 bridgehead atoms. The molecule has 16 heavy (non-hydrogen) atoms. The van der Waals surface area contributed by atoms with Crippen LogP contribution in [0.15, 0.2) is 30.3 Å². The SMILES string of the molecule is CC(=O)C=C(OB(F)F)c1ccc(Cl)cc1. The molecule has 6 heteroatoms. The molecule has 0 fully saturated rings. The van der Waals surface area contributed by atoms with Crippen molar-refractivity contribution < 1.29 is 18.1 Å². The molecule has 0 radical (unpaired) electrons. The fourth-order valence-corrected chi connectivity index (χ4v) is 1.21. The number of allylic oxidation sites excluding steroid dienone is 1. The molecule has 0 atom stereocenters. The quantitative estimate of drug-likeness (QED) is 0.462. The maximum atomic E-state index is 12.1. The van der Waals surface area contributed by atoms with E-state index in [2.05, 4.69) is 4.65 Å². The lowest BCUT2D eigenvalue weighted by Gasteiger charge is -2.07. The average Bonchev–Trinajstić information content (AvgIpc) is 2.16. The number of carbonyl (C=O) groups is 1. The van der Waals surface area contributed by atoms with Gasteiger partial charge in [0.2, 0.25) is 0 Å². The van der Waals surface area contributed by atoms with Gasteiger partial charge in [0.05, 0.1) is 0 Å². The van der Waals surface area contributed by atoms with Crippen LogP contribution in [0.4, 0.5) is 8.63 Å². The summed E-state index contributed by atoms with van der Waals surface area (Å²) in [6.45, 7) is 1.25. The fraction of sp³-hybridized carbons (Fsp3) is 0.100. The predicted octanol–water partition coefficient (Wildman–Crippen LogP) is 3.21. The number of benzene rings is 1. The van der Waals surface area contributed by atoms with Crippen LogP contribution in [0, 0.1) is 0 Å². The van der Waals surface area contributed by atoms with Gasteiger partial charge in [0.1, 0.15) is 5.76 Å². The van der Waals surface area contributed by atoms with Gasteiger partial charge in [0.25, 0.3) is 0 Å². The third-order valence-electron chi connectivity index (χ3n) is 1.68. The number of hydrogen-bond acceptors (Lipinski definition) is 2. The van der Waals surface area contributed by atoms with Gasteiger partial charge in [0, 0.05) is 16.7 Å².